The Bertz CT molecular complexity index is 149. The van der Waals surface area contributed by atoms with Crippen molar-refractivity contribution in [3.63, 3.8) is 0 Å². The van der Waals surface area contributed by atoms with Crippen LogP contribution in [-0.4, -0.2) is 43.7 Å². The molecule has 0 spiro atoms. The monoisotopic (exact) mass is 158 g/mol. The fraction of sp³-hybridized carbons (Fsp3) is 0.857. The molecule has 64 valence electrons. The Labute approximate surface area is 66.3 Å². The van der Waals surface area contributed by atoms with Crippen molar-refractivity contribution < 1.29 is 9.53 Å². The van der Waals surface area contributed by atoms with Crippen LogP contribution in [0.3, 0.4) is 0 Å². The van der Waals surface area contributed by atoms with E-state index >= 15 is 0 Å². The third-order valence-electron chi connectivity index (χ3n) is 1.94. The van der Waals surface area contributed by atoms with E-state index in [4.69, 9.17) is 10.5 Å². The number of carbonyl (C=O) groups excluding carboxylic acids is 1. The van der Waals surface area contributed by atoms with E-state index in [1.54, 1.807) is 7.11 Å². The Balaban J connectivity index is 2.24. The van der Waals surface area contributed by atoms with Gasteiger partial charge < -0.3 is 10.5 Å². The van der Waals surface area contributed by atoms with Gasteiger partial charge in [-0.05, 0) is 6.42 Å². The van der Waals surface area contributed by atoms with Crippen LogP contribution >= 0.6 is 0 Å². The minimum atomic E-state index is -0.262. The van der Waals surface area contributed by atoms with Gasteiger partial charge in [0.2, 0.25) is 5.91 Å². The predicted octanol–water partition coefficient (Wildman–Crippen LogP) is -0.808. The molecule has 1 aliphatic heterocycles. The summed E-state index contributed by atoms with van der Waals surface area (Å²) in [5.41, 5.74) is 5.04. The third-order valence-corrected chi connectivity index (χ3v) is 1.94. The van der Waals surface area contributed by atoms with Gasteiger partial charge in [-0.25, -0.2) is 0 Å². The lowest BCUT2D eigenvalue weighted by molar-refractivity contribution is -0.119. The van der Waals surface area contributed by atoms with Crippen molar-refractivity contribution in [1.29, 1.82) is 0 Å². The highest BCUT2D eigenvalue weighted by atomic mass is 16.5. The lowest BCUT2D eigenvalue weighted by atomic mass is 10.3. The summed E-state index contributed by atoms with van der Waals surface area (Å²) in [4.78, 5) is 12.5. The number of rotatable bonds is 3. The molecule has 1 saturated heterocycles. The summed E-state index contributed by atoms with van der Waals surface area (Å²) in [5, 5.41) is 0. The molecule has 0 bridgehead atoms. The summed E-state index contributed by atoms with van der Waals surface area (Å²) in [5.74, 6) is -0.262. The van der Waals surface area contributed by atoms with Crippen LogP contribution < -0.4 is 5.73 Å². The molecule has 1 rings (SSSR count). The van der Waals surface area contributed by atoms with E-state index in [9.17, 15) is 4.79 Å². The molecular weight excluding hydrogens is 144 g/mol. The SMILES string of the molecule is COC1CCN(CC(N)=O)C1. The first kappa shape index (κ1) is 8.49. The molecule has 1 aliphatic rings. The highest BCUT2D eigenvalue weighted by molar-refractivity contribution is 5.75. The molecule has 0 radical (unpaired) electrons. The molecule has 1 atom stereocenters. The molecule has 0 aromatic heterocycles. The van der Waals surface area contributed by atoms with Crippen molar-refractivity contribution in [3.05, 3.63) is 0 Å². The van der Waals surface area contributed by atoms with Crippen LogP contribution in [0.2, 0.25) is 0 Å². The molecule has 1 heterocycles. The van der Waals surface area contributed by atoms with Gasteiger partial charge in [-0.1, -0.05) is 0 Å². The molecule has 0 saturated carbocycles. The lowest BCUT2D eigenvalue weighted by Gasteiger charge is -2.12. The van der Waals surface area contributed by atoms with Crippen molar-refractivity contribution >= 4 is 5.91 Å². The molecule has 2 N–H and O–H groups in total. The molecule has 0 aliphatic carbocycles. The second kappa shape index (κ2) is 3.69. The average Bonchev–Trinajstić information content (AvgIpc) is 2.34. The van der Waals surface area contributed by atoms with Crippen molar-refractivity contribution in [2.75, 3.05) is 26.7 Å². The zero-order valence-corrected chi connectivity index (χ0v) is 6.75. The normalized spacial score (nSPS) is 25.7. The van der Waals surface area contributed by atoms with E-state index in [0.717, 1.165) is 19.5 Å². The maximum atomic E-state index is 10.5. The number of ether oxygens (including phenoxy) is 1. The average molecular weight is 158 g/mol. The van der Waals surface area contributed by atoms with Crippen LogP contribution in [0.25, 0.3) is 0 Å². The molecule has 11 heavy (non-hydrogen) atoms. The quantitative estimate of drug-likeness (QED) is 0.584. The van der Waals surface area contributed by atoms with E-state index in [-0.39, 0.29) is 12.0 Å². The summed E-state index contributed by atoms with van der Waals surface area (Å²) in [6, 6.07) is 0. The topological polar surface area (TPSA) is 55.6 Å². The number of hydrogen-bond donors (Lipinski definition) is 1. The van der Waals surface area contributed by atoms with Gasteiger partial charge in [0.05, 0.1) is 12.6 Å². The van der Waals surface area contributed by atoms with Gasteiger partial charge in [-0.15, -0.1) is 0 Å². The first-order valence-corrected chi connectivity index (χ1v) is 3.76. The van der Waals surface area contributed by atoms with Crippen LogP contribution in [0.4, 0.5) is 0 Å². The van der Waals surface area contributed by atoms with E-state index in [1.165, 1.54) is 0 Å². The summed E-state index contributed by atoms with van der Waals surface area (Å²) in [7, 11) is 1.69. The molecule has 0 aromatic carbocycles. The van der Waals surface area contributed by atoms with Crippen molar-refractivity contribution in [3.8, 4) is 0 Å². The minimum absolute atomic E-state index is 0.262. The standard InChI is InChI=1S/C7H14N2O2/c1-11-6-2-3-9(4-6)5-7(8)10/h6H,2-5H2,1H3,(H2,8,10). The number of amides is 1. The van der Waals surface area contributed by atoms with Crippen LogP contribution in [0.15, 0.2) is 0 Å². The Morgan fingerprint density at radius 3 is 3.00 bits per heavy atom. The van der Waals surface area contributed by atoms with Gasteiger partial charge in [0.25, 0.3) is 0 Å². The lowest BCUT2D eigenvalue weighted by Crippen LogP contribution is -2.32. The van der Waals surface area contributed by atoms with E-state index in [2.05, 4.69) is 0 Å². The van der Waals surface area contributed by atoms with Crippen LogP contribution in [0, 0.1) is 0 Å². The number of hydrogen-bond acceptors (Lipinski definition) is 3. The number of likely N-dealkylation sites (tertiary alicyclic amines) is 1. The maximum absolute atomic E-state index is 10.5. The zero-order valence-electron chi connectivity index (χ0n) is 6.75. The predicted molar refractivity (Wildman–Crippen MR) is 41.0 cm³/mol. The number of primary amides is 1. The largest absolute Gasteiger partial charge is 0.380 e. The van der Waals surface area contributed by atoms with Crippen molar-refractivity contribution in [2.24, 2.45) is 5.73 Å². The second-order valence-electron chi connectivity index (χ2n) is 2.85. The third kappa shape index (κ3) is 2.48. The highest BCUT2D eigenvalue weighted by Crippen LogP contribution is 2.10. The summed E-state index contributed by atoms with van der Waals surface area (Å²) in [6.45, 7) is 2.11. The van der Waals surface area contributed by atoms with E-state index < -0.39 is 0 Å². The first-order chi connectivity index (χ1) is 5.22. The van der Waals surface area contributed by atoms with Gasteiger partial charge in [-0.2, -0.15) is 0 Å². The van der Waals surface area contributed by atoms with Gasteiger partial charge in [0.1, 0.15) is 0 Å². The minimum Gasteiger partial charge on any atom is -0.380 e. The molecule has 0 aromatic rings. The van der Waals surface area contributed by atoms with Gasteiger partial charge in [0, 0.05) is 20.2 Å². The molecular formula is C7H14N2O2. The fourth-order valence-electron chi connectivity index (χ4n) is 1.35. The number of nitrogens with zero attached hydrogens (tertiary/aromatic N) is 1. The first-order valence-electron chi connectivity index (χ1n) is 3.76. The Morgan fingerprint density at radius 2 is 2.55 bits per heavy atom. The summed E-state index contributed by atoms with van der Waals surface area (Å²) in [6.07, 6.45) is 1.29. The molecule has 1 fully saturated rings. The van der Waals surface area contributed by atoms with Crippen LogP contribution in [0.5, 0.6) is 0 Å². The van der Waals surface area contributed by atoms with Crippen molar-refractivity contribution in [1.82, 2.24) is 4.90 Å². The maximum Gasteiger partial charge on any atom is 0.231 e. The molecule has 1 unspecified atom stereocenters. The molecule has 4 heteroatoms. The smallest absolute Gasteiger partial charge is 0.231 e. The van der Waals surface area contributed by atoms with Gasteiger partial charge >= 0.3 is 0 Å². The second-order valence-corrected chi connectivity index (χ2v) is 2.85. The van der Waals surface area contributed by atoms with Crippen LogP contribution in [0.1, 0.15) is 6.42 Å². The van der Waals surface area contributed by atoms with Crippen LogP contribution in [-0.2, 0) is 9.53 Å². The fourth-order valence-corrected chi connectivity index (χ4v) is 1.35. The summed E-state index contributed by atoms with van der Waals surface area (Å²) >= 11 is 0. The van der Waals surface area contributed by atoms with E-state index in [1.807, 2.05) is 4.90 Å². The Morgan fingerprint density at radius 1 is 1.82 bits per heavy atom. The van der Waals surface area contributed by atoms with E-state index in [0.29, 0.717) is 6.54 Å². The zero-order chi connectivity index (χ0) is 8.27. The number of carbonyl (C=O) groups is 1. The molecule has 4 nitrogen and oxygen atoms in total. The Kier molecular flexibility index (Phi) is 2.84. The summed E-state index contributed by atoms with van der Waals surface area (Å²) < 4.78 is 5.13. The molecule has 1 amide bonds. The van der Waals surface area contributed by atoms with Gasteiger partial charge in [-0.3, -0.25) is 9.69 Å². The highest BCUT2D eigenvalue weighted by Gasteiger charge is 2.22. The van der Waals surface area contributed by atoms with Crippen molar-refractivity contribution in [2.45, 2.75) is 12.5 Å². The van der Waals surface area contributed by atoms with Gasteiger partial charge in [0.15, 0.2) is 0 Å². The Hall–Kier alpha value is -0.610. The number of nitrogens with two attached hydrogens (primary N) is 1. The number of methoxy groups -OCH3 is 1.